The Balaban J connectivity index is 2.15. The summed E-state index contributed by atoms with van der Waals surface area (Å²) in [5.74, 6) is 0. The van der Waals surface area contributed by atoms with E-state index in [1.807, 2.05) is 0 Å². The van der Waals surface area contributed by atoms with Crippen LogP contribution in [-0.4, -0.2) is 25.1 Å². The summed E-state index contributed by atoms with van der Waals surface area (Å²) in [6.07, 6.45) is 4.82. The molecule has 0 unspecified atom stereocenters. The highest BCUT2D eigenvalue weighted by Gasteiger charge is 2.01. The molecule has 1 N–H and O–H groups in total. The molecule has 2 heterocycles. The van der Waals surface area contributed by atoms with Gasteiger partial charge in [0.15, 0.2) is 10.3 Å². The van der Waals surface area contributed by atoms with Crippen LogP contribution in [0, 0.1) is 0 Å². The van der Waals surface area contributed by atoms with E-state index in [-0.39, 0.29) is 0 Å². The smallest absolute Gasteiger partial charge is 0.195 e. The van der Waals surface area contributed by atoms with Crippen LogP contribution in [0.4, 0.5) is 0 Å². The van der Waals surface area contributed by atoms with Crippen LogP contribution in [0.5, 0.6) is 0 Å². The molecule has 0 atom stereocenters. The SMILES string of the molecule is Brc1cnc(Sc2ncn[nH]2)nc1. The number of nitrogens with zero attached hydrogens (tertiary/aromatic N) is 4. The molecule has 0 aliphatic rings. The normalized spacial score (nSPS) is 10.2. The van der Waals surface area contributed by atoms with E-state index in [9.17, 15) is 0 Å². The minimum Gasteiger partial charge on any atom is -0.254 e. The molecular weight excluding hydrogens is 254 g/mol. The van der Waals surface area contributed by atoms with Crippen molar-refractivity contribution in [1.82, 2.24) is 25.1 Å². The number of H-pyrrole nitrogens is 1. The fraction of sp³-hybridized carbons (Fsp3) is 0. The molecule has 0 aromatic carbocycles. The van der Waals surface area contributed by atoms with Gasteiger partial charge in [0.1, 0.15) is 6.33 Å². The van der Waals surface area contributed by atoms with Gasteiger partial charge in [-0.25, -0.2) is 15.0 Å². The van der Waals surface area contributed by atoms with Gasteiger partial charge in [0, 0.05) is 12.4 Å². The summed E-state index contributed by atoms with van der Waals surface area (Å²) in [5, 5.41) is 7.75. The van der Waals surface area contributed by atoms with Gasteiger partial charge in [-0.3, -0.25) is 5.10 Å². The first-order valence-corrected chi connectivity index (χ1v) is 4.96. The molecule has 7 heteroatoms. The van der Waals surface area contributed by atoms with Crippen molar-refractivity contribution >= 4 is 27.7 Å². The molecule has 0 aliphatic heterocycles. The summed E-state index contributed by atoms with van der Waals surface area (Å²) in [6, 6.07) is 0. The maximum atomic E-state index is 4.07. The summed E-state index contributed by atoms with van der Waals surface area (Å²) in [5.41, 5.74) is 0. The Morgan fingerprint density at radius 3 is 2.62 bits per heavy atom. The molecule has 0 fully saturated rings. The fourth-order valence-corrected chi connectivity index (χ4v) is 1.47. The molecule has 2 aromatic heterocycles. The van der Waals surface area contributed by atoms with Crippen LogP contribution in [0.15, 0.2) is 33.5 Å². The molecule has 5 nitrogen and oxygen atoms in total. The van der Waals surface area contributed by atoms with E-state index in [1.165, 1.54) is 18.1 Å². The van der Waals surface area contributed by atoms with E-state index in [0.717, 1.165) is 4.47 Å². The van der Waals surface area contributed by atoms with Crippen molar-refractivity contribution in [2.24, 2.45) is 0 Å². The van der Waals surface area contributed by atoms with Crippen molar-refractivity contribution in [1.29, 1.82) is 0 Å². The number of rotatable bonds is 2. The third-order valence-corrected chi connectivity index (χ3v) is 2.37. The monoisotopic (exact) mass is 257 g/mol. The van der Waals surface area contributed by atoms with Crippen molar-refractivity contribution in [3.05, 3.63) is 23.2 Å². The zero-order valence-electron chi connectivity index (χ0n) is 6.31. The summed E-state index contributed by atoms with van der Waals surface area (Å²) >= 11 is 4.58. The molecule has 0 spiro atoms. The topological polar surface area (TPSA) is 67.3 Å². The van der Waals surface area contributed by atoms with Gasteiger partial charge in [0.2, 0.25) is 0 Å². The van der Waals surface area contributed by atoms with Crippen molar-refractivity contribution in [3.8, 4) is 0 Å². The van der Waals surface area contributed by atoms with Gasteiger partial charge in [0.05, 0.1) is 4.47 Å². The molecule has 66 valence electrons. The lowest BCUT2D eigenvalue weighted by atomic mass is 10.7. The second-order valence-corrected chi connectivity index (χ2v) is 3.95. The molecule has 0 radical (unpaired) electrons. The molecular formula is C6H4BrN5S. The fourth-order valence-electron chi connectivity index (χ4n) is 0.683. The predicted molar refractivity (Wildman–Crippen MR) is 50.2 cm³/mol. The Morgan fingerprint density at radius 2 is 2.00 bits per heavy atom. The van der Waals surface area contributed by atoms with Gasteiger partial charge >= 0.3 is 0 Å². The Labute approximate surface area is 86.5 Å². The van der Waals surface area contributed by atoms with E-state index < -0.39 is 0 Å². The first-order chi connectivity index (χ1) is 6.34. The van der Waals surface area contributed by atoms with Gasteiger partial charge in [-0.1, -0.05) is 0 Å². The average Bonchev–Trinajstić information content (AvgIpc) is 2.62. The standard InChI is InChI=1S/C6H4BrN5S/c7-4-1-8-5(9-2-4)13-6-10-3-11-12-6/h1-3H,(H,10,11,12). The number of aromatic nitrogens is 5. The second-order valence-electron chi connectivity index (χ2n) is 2.08. The molecule has 0 amide bonds. The zero-order chi connectivity index (χ0) is 9.10. The summed E-state index contributed by atoms with van der Waals surface area (Å²) in [6.45, 7) is 0. The Morgan fingerprint density at radius 1 is 1.23 bits per heavy atom. The molecule has 13 heavy (non-hydrogen) atoms. The summed E-state index contributed by atoms with van der Waals surface area (Å²) < 4.78 is 0.856. The van der Waals surface area contributed by atoms with E-state index >= 15 is 0 Å². The minimum absolute atomic E-state index is 0.639. The Hall–Kier alpha value is -0.950. The first kappa shape index (κ1) is 8.64. The minimum atomic E-state index is 0.639. The van der Waals surface area contributed by atoms with Crippen LogP contribution in [0.2, 0.25) is 0 Å². The second kappa shape index (κ2) is 3.84. The van der Waals surface area contributed by atoms with E-state index in [1.54, 1.807) is 12.4 Å². The number of hydrogen-bond donors (Lipinski definition) is 1. The number of halogens is 1. The van der Waals surface area contributed by atoms with Crippen LogP contribution < -0.4 is 0 Å². The van der Waals surface area contributed by atoms with Gasteiger partial charge in [0.25, 0.3) is 0 Å². The third kappa shape index (κ3) is 2.25. The maximum absolute atomic E-state index is 4.07. The van der Waals surface area contributed by atoms with E-state index in [0.29, 0.717) is 10.3 Å². The average molecular weight is 258 g/mol. The summed E-state index contributed by atoms with van der Waals surface area (Å²) in [4.78, 5) is 12.1. The highest BCUT2D eigenvalue weighted by molar-refractivity contribution is 9.10. The maximum Gasteiger partial charge on any atom is 0.195 e. The lowest BCUT2D eigenvalue weighted by Crippen LogP contribution is -1.85. The van der Waals surface area contributed by atoms with Crippen molar-refractivity contribution < 1.29 is 0 Å². The van der Waals surface area contributed by atoms with Crippen molar-refractivity contribution in [2.75, 3.05) is 0 Å². The van der Waals surface area contributed by atoms with Gasteiger partial charge < -0.3 is 0 Å². The predicted octanol–water partition coefficient (Wildman–Crippen LogP) is 1.51. The molecule has 2 rings (SSSR count). The highest BCUT2D eigenvalue weighted by Crippen LogP contribution is 2.19. The van der Waals surface area contributed by atoms with Crippen LogP contribution in [0.3, 0.4) is 0 Å². The first-order valence-electron chi connectivity index (χ1n) is 3.35. The van der Waals surface area contributed by atoms with Gasteiger partial charge in [-0.2, -0.15) is 5.10 Å². The zero-order valence-corrected chi connectivity index (χ0v) is 8.71. The van der Waals surface area contributed by atoms with Crippen molar-refractivity contribution in [2.45, 2.75) is 10.3 Å². The molecule has 0 aliphatic carbocycles. The van der Waals surface area contributed by atoms with Crippen LogP contribution in [0.25, 0.3) is 0 Å². The molecule has 0 saturated carbocycles. The van der Waals surface area contributed by atoms with Crippen LogP contribution >= 0.6 is 27.7 Å². The van der Waals surface area contributed by atoms with E-state index in [2.05, 4.69) is 41.1 Å². The lowest BCUT2D eigenvalue weighted by molar-refractivity contribution is 0.928. The van der Waals surface area contributed by atoms with Gasteiger partial charge in [-0.05, 0) is 27.7 Å². The Kier molecular flexibility index (Phi) is 2.55. The molecule has 0 saturated heterocycles. The quantitative estimate of drug-likeness (QED) is 0.827. The van der Waals surface area contributed by atoms with Crippen molar-refractivity contribution in [3.63, 3.8) is 0 Å². The van der Waals surface area contributed by atoms with Crippen LogP contribution in [-0.2, 0) is 0 Å². The molecule has 2 aromatic rings. The summed E-state index contributed by atoms with van der Waals surface area (Å²) in [7, 11) is 0. The van der Waals surface area contributed by atoms with E-state index in [4.69, 9.17) is 0 Å². The Bertz CT molecular complexity index is 372. The van der Waals surface area contributed by atoms with Crippen LogP contribution in [0.1, 0.15) is 0 Å². The number of aromatic amines is 1. The third-order valence-electron chi connectivity index (χ3n) is 1.18. The largest absolute Gasteiger partial charge is 0.254 e. The van der Waals surface area contributed by atoms with Gasteiger partial charge in [-0.15, -0.1) is 0 Å². The lowest BCUT2D eigenvalue weighted by Gasteiger charge is -1.94. The highest BCUT2D eigenvalue weighted by atomic mass is 79.9. The number of nitrogens with one attached hydrogen (secondary N) is 1. The molecule has 0 bridgehead atoms. The number of hydrogen-bond acceptors (Lipinski definition) is 5.